The lowest BCUT2D eigenvalue weighted by Gasteiger charge is -2.22. The Labute approximate surface area is 161 Å². The SMILES string of the molecule is O=C1NCCCCN(C(=O)c2cncs2)CCCOc2ccc(Cl)cc21. The molecule has 0 aliphatic carbocycles. The van der Waals surface area contributed by atoms with E-state index >= 15 is 0 Å². The Morgan fingerprint density at radius 1 is 1.27 bits per heavy atom. The van der Waals surface area contributed by atoms with Crippen LogP contribution in [-0.4, -0.2) is 47.9 Å². The highest BCUT2D eigenvalue weighted by Gasteiger charge is 2.18. The maximum Gasteiger partial charge on any atom is 0.265 e. The summed E-state index contributed by atoms with van der Waals surface area (Å²) in [4.78, 5) is 31.4. The normalized spacial score (nSPS) is 16.3. The number of halogens is 1. The largest absolute Gasteiger partial charge is 0.493 e. The van der Waals surface area contributed by atoms with Crippen LogP contribution >= 0.6 is 22.9 Å². The van der Waals surface area contributed by atoms with Gasteiger partial charge in [0.25, 0.3) is 11.8 Å². The van der Waals surface area contributed by atoms with Gasteiger partial charge in [-0.05, 0) is 37.5 Å². The fraction of sp³-hybridized carbons (Fsp3) is 0.389. The van der Waals surface area contributed by atoms with Crippen LogP contribution in [0, 0.1) is 0 Å². The Bertz CT molecular complexity index is 767. The van der Waals surface area contributed by atoms with E-state index in [9.17, 15) is 9.59 Å². The maximum absolute atomic E-state index is 12.6. The summed E-state index contributed by atoms with van der Waals surface area (Å²) in [6.45, 7) is 2.19. The van der Waals surface area contributed by atoms with Gasteiger partial charge >= 0.3 is 0 Å². The molecule has 138 valence electrons. The van der Waals surface area contributed by atoms with Crippen LogP contribution in [-0.2, 0) is 0 Å². The molecular formula is C18H20ClN3O3S. The van der Waals surface area contributed by atoms with Crippen LogP contribution in [0.5, 0.6) is 5.75 Å². The van der Waals surface area contributed by atoms with E-state index < -0.39 is 0 Å². The number of amides is 2. The summed E-state index contributed by atoms with van der Waals surface area (Å²) >= 11 is 7.36. The first kappa shape index (κ1) is 18.7. The van der Waals surface area contributed by atoms with Crippen LogP contribution in [0.2, 0.25) is 5.02 Å². The molecule has 1 N–H and O–H groups in total. The third-order valence-corrected chi connectivity index (χ3v) is 5.08. The number of carbonyl (C=O) groups excluding carboxylic acids is 2. The molecule has 0 radical (unpaired) electrons. The van der Waals surface area contributed by atoms with Crippen molar-refractivity contribution in [2.45, 2.75) is 19.3 Å². The number of benzene rings is 1. The highest BCUT2D eigenvalue weighted by molar-refractivity contribution is 7.11. The number of carbonyl (C=O) groups is 2. The number of nitrogens with one attached hydrogen (secondary N) is 1. The minimum Gasteiger partial charge on any atom is -0.493 e. The molecule has 0 spiro atoms. The Kier molecular flexibility index (Phi) is 6.46. The molecule has 3 rings (SSSR count). The van der Waals surface area contributed by atoms with Gasteiger partial charge < -0.3 is 15.0 Å². The van der Waals surface area contributed by atoms with Gasteiger partial charge in [0, 0.05) is 24.7 Å². The molecule has 1 aromatic carbocycles. The summed E-state index contributed by atoms with van der Waals surface area (Å²) in [5.74, 6) is 0.310. The van der Waals surface area contributed by atoms with Crippen LogP contribution < -0.4 is 10.1 Å². The second-order valence-electron chi connectivity index (χ2n) is 5.96. The number of nitrogens with zero attached hydrogens (tertiary/aromatic N) is 2. The summed E-state index contributed by atoms with van der Waals surface area (Å²) in [5, 5.41) is 3.38. The lowest BCUT2D eigenvalue weighted by molar-refractivity contribution is 0.0748. The maximum atomic E-state index is 12.6. The van der Waals surface area contributed by atoms with Crippen molar-refractivity contribution in [3.63, 3.8) is 0 Å². The lowest BCUT2D eigenvalue weighted by Crippen LogP contribution is -2.33. The van der Waals surface area contributed by atoms with E-state index in [0.717, 1.165) is 12.8 Å². The minimum atomic E-state index is -0.195. The third-order valence-electron chi connectivity index (χ3n) is 4.09. The van der Waals surface area contributed by atoms with Crippen LogP contribution in [0.1, 0.15) is 39.3 Å². The van der Waals surface area contributed by atoms with Crippen molar-refractivity contribution in [3.8, 4) is 5.75 Å². The van der Waals surface area contributed by atoms with E-state index in [1.165, 1.54) is 11.3 Å². The van der Waals surface area contributed by atoms with Crippen molar-refractivity contribution in [2.75, 3.05) is 26.2 Å². The molecule has 8 heteroatoms. The molecule has 1 aromatic heterocycles. The second-order valence-corrected chi connectivity index (χ2v) is 7.29. The Morgan fingerprint density at radius 3 is 2.92 bits per heavy atom. The van der Waals surface area contributed by atoms with Crippen molar-refractivity contribution < 1.29 is 14.3 Å². The van der Waals surface area contributed by atoms with Crippen LogP contribution in [0.3, 0.4) is 0 Å². The minimum absolute atomic E-state index is 0.00131. The fourth-order valence-electron chi connectivity index (χ4n) is 2.76. The molecule has 2 aromatic rings. The number of hydrogen-bond donors (Lipinski definition) is 1. The molecule has 0 unspecified atom stereocenters. The molecule has 0 saturated heterocycles. The number of thiazole rings is 1. The van der Waals surface area contributed by atoms with E-state index in [2.05, 4.69) is 10.3 Å². The number of aromatic nitrogens is 1. The van der Waals surface area contributed by atoms with Crippen molar-refractivity contribution in [1.29, 1.82) is 0 Å². The Morgan fingerprint density at radius 2 is 2.12 bits per heavy atom. The highest BCUT2D eigenvalue weighted by atomic mass is 35.5. The predicted molar refractivity (Wildman–Crippen MR) is 101 cm³/mol. The van der Waals surface area contributed by atoms with Gasteiger partial charge in [0.2, 0.25) is 0 Å². The van der Waals surface area contributed by atoms with Crippen molar-refractivity contribution in [2.24, 2.45) is 0 Å². The van der Waals surface area contributed by atoms with Crippen molar-refractivity contribution in [3.05, 3.63) is 45.4 Å². The van der Waals surface area contributed by atoms with Crippen LogP contribution in [0.15, 0.2) is 29.9 Å². The fourth-order valence-corrected chi connectivity index (χ4v) is 3.52. The standard InChI is InChI=1S/C18H20ClN3O3S/c19-13-4-5-15-14(10-13)17(23)21-6-1-2-7-22(8-3-9-25-15)18(24)16-11-20-12-26-16/h4-5,10-12H,1-3,6-9H2,(H,21,23). The van der Waals surface area contributed by atoms with Crippen molar-refractivity contribution >= 4 is 34.8 Å². The van der Waals surface area contributed by atoms with Gasteiger partial charge in [-0.15, -0.1) is 11.3 Å². The first-order valence-corrected chi connectivity index (χ1v) is 9.79. The molecule has 0 saturated carbocycles. The quantitative estimate of drug-likeness (QED) is 0.807. The summed E-state index contributed by atoms with van der Waals surface area (Å²) < 4.78 is 5.78. The van der Waals surface area contributed by atoms with Gasteiger partial charge in [-0.25, -0.2) is 0 Å². The topological polar surface area (TPSA) is 71.5 Å². The molecule has 0 bridgehead atoms. The molecule has 0 fully saturated rings. The highest BCUT2D eigenvalue weighted by Crippen LogP contribution is 2.23. The zero-order chi connectivity index (χ0) is 18.4. The summed E-state index contributed by atoms with van der Waals surface area (Å²) in [6.07, 6.45) is 3.88. The monoisotopic (exact) mass is 393 g/mol. The molecule has 2 amide bonds. The molecule has 1 aliphatic rings. The lowest BCUT2D eigenvalue weighted by atomic mass is 10.2. The van der Waals surface area contributed by atoms with Gasteiger partial charge in [-0.1, -0.05) is 11.6 Å². The van der Waals surface area contributed by atoms with Crippen LogP contribution in [0.25, 0.3) is 0 Å². The van der Waals surface area contributed by atoms with Gasteiger partial charge in [0.15, 0.2) is 0 Å². The van der Waals surface area contributed by atoms with E-state index in [1.54, 1.807) is 29.9 Å². The number of hydrogen-bond acceptors (Lipinski definition) is 5. The molecule has 6 nitrogen and oxygen atoms in total. The van der Waals surface area contributed by atoms with E-state index in [-0.39, 0.29) is 11.8 Å². The second kappa shape index (κ2) is 9.00. The summed E-state index contributed by atoms with van der Waals surface area (Å²) in [5.41, 5.74) is 2.10. The summed E-state index contributed by atoms with van der Waals surface area (Å²) in [6, 6.07) is 5.02. The van der Waals surface area contributed by atoms with Crippen LogP contribution in [0.4, 0.5) is 0 Å². The molecular weight excluding hydrogens is 374 g/mol. The number of rotatable bonds is 1. The molecule has 26 heavy (non-hydrogen) atoms. The Hall–Kier alpha value is -2.12. The smallest absolute Gasteiger partial charge is 0.265 e. The zero-order valence-electron chi connectivity index (χ0n) is 14.2. The van der Waals surface area contributed by atoms with Gasteiger partial charge in [0.1, 0.15) is 10.6 Å². The summed E-state index contributed by atoms with van der Waals surface area (Å²) in [7, 11) is 0. The van der Waals surface area contributed by atoms with Crippen molar-refractivity contribution in [1.82, 2.24) is 15.2 Å². The average Bonchev–Trinajstić information content (AvgIpc) is 3.17. The third kappa shape index (κ3) is 4.74. The first-order valence-electron chi connectivity index (χ1n) is 8.53. The van der Waals surface area contributed by atoms with E-state index in [4.69, 9.17) is 16.3 Å². The first-order chi connectivity index (χ1) is 12.6. The molecule has 0 atom stereocenters. The Balaban J connectivity index is 1.71. The number of fused-ring (bicyclic) bond motifs is 1. The van der Waals surface area contributed by atoms with Gasteiger partial charge in [0.05, 0.1) is 23.9 Å². The van der Waals surface area contributed by atoms with E-state index in [0.29, 0.717) is 53.9 Å². The van der Waals surface area contributed by atoms with E-state index in [1.807, 2.05) is 4.90 Å². The van der Waals surface area contributed by atoms with Gasteiger partial charge in [-0.2, -0.15) is 0 Å². The average molecular weight is 394 g/mol. The predicted octanol–water partition coefficient (Wildman–Crippen LogP) is 3.23. The molecule has 1 aliphatic heterocycles. The molecule has 2 heterocycles. The zero-order valence-corrected chi connectivity index (χ0v) is 15.8. The van der Waals surface area contributed by atoms with Gasteiger partial charge in [-0.3, -0.25) is 14.6 Å². The number of ether oxygens (including phenoxy) is 1.